The third-order valence-corrected chi connectivity index (χ3v) is 3.33. The third kappa shape index (κ3) is 5.70. The zero-order chi connectivity index (χ0) is 14.7. The Kier molecular flexibility index (Phi) is 7.89. The number of hydrogen-bond acceptors (Lipinski definition) is 1. The van der Waals surface area contributed by atoms with Crippen molar-refractivity contribution >= 4 is 0 Å². The summed E-state index contributed by atoms with van der Waals surface area (Å²) in [4.78, 5) is 0. The summed E-state index contributed by atoms with van der Waals surface area (Å²) in [6.07, 6.45) is 12.7. The fourth-order valence-electron chi connectivity index (χ4n) is 2.09. The lowest BCUT2D eigenvalue weighted by Crippen LogP contribution is -2.17. The summed E-state index contributed by atoms with van der Waals surface area (Å²) in [5, 5.41) is 0. The number of halogens is 1. The summed E-state index contributed by atoms with van der Waals surface area (Å²) >= 11 is 0. The minimum atomic E-state index is -1.30. The molecule has 1 nitrogen and oxygen atoms in total. The van der Waals surface area contributed by atoms with E-state index in [2.05, 4.69) is 6.92 Å². The lowest BCUT2D eigenvalue weighted by atomic mass is 9.89. The van der Waals surface area contributed by atoms with Crippen LogP contribution in [0.4, 0.5) is 4.39 Å². The second-order valence-electron chi connectivity index (χ2n) is 5.07. The first-order valence-electron chi connectivity index (χ1n) is 7.52. The highest BCUT2D eigenvalue weighted by atomic mass is 19.1. The lowest BCUT2D eigenvalue weighted by Gasteiger charge is -2.22. The molecular weight excluding hydrogens is 249 g/mol. The van der Waals surface area contributed by atoms with Crippen molar-refractivity contribution in [1.82, 2.24) is 0 Å². The van der Waals surface area contributed by atoms with Crippen LogP contribution in [0.1, 0.15) is 44.6 Å². The van der Waals surface area contributed by atoms with E-state index < -0.39 is 5.67 Å². The molecule has 1 unspecified atom stereocenters. The van der Waals surface area contributed by atoms with E-state index in [-0.39, 0.29) is 0 Å². The quantitative estimate of drug-likeness (QED) is 0.760. The number of unbranched alkanes of at least 4 members (excludes halogenated alkanes) is 3. The minimum Gasteiger partial charge on any atom is -0.330 e. The summed E-state index contributed by atoms with van der Waals surface area (Å²) < 4.78 is 14.2. The molecule has 2 N–H and O–H groups in total. The average Bonchev–Trinajstić information content (AvgIpc) is 2.50. The lowest BCUT2D eigenvalue weighted by molar-refractivity contribution is 0.236. The summed E-state index contributed by atoms with van der Waals surface area (Å²) in [6.45, 7) is 3.07. The number of nitrogens with two attached hydrogens (primary N) is 1. The van der Waals surface area contributed by atoms with Gasteiger partial charge in [-0.1, -0.05) is 74.7 Å². The zero-order valence-corrected chi connectivity index (χ0v) is 12.4. The maximum absolute atomic E-state index is 14.2. The van der Waals surface area contributed by atoms with E-state index in [1.165, 1.54) is 25.7 Å². The van der Waals surface area contributed by atoms with Crippen molar-refractivity contribution in [3.63, 3.8) is 0 Å². The Bertz CT molecular complexity index is 407. The number of hydrogen-bond donors (Lipinski definition) is 1. The van der Waals surface area contributed by atoms with E-state index in [1.807, 2.05) is 42.5 Å². The summed E-state index contributed by atoms with van der Waals surface area (Å²) in [5.74, 6) is 0. The van der Waals surface area contributed by atoms with Crippen molar-refractivity contribution in [2.75, 3.05) is 6.54 Å². The molecule has 0 radical (unpaired) electrons. The van der Waals surface area contributed by atoms with Crippen LogP contribution in [0, 0.1) is 0 Å². The maximum atomic E-state index is 14.2. The molecule has 0 spiro atoms. The highest BCUT2D eigenvalue weighted by Crippen LogP contribution is 2.33. The van der Waals surface area contributed by atoms with Gasteiger partial charge in [-0.05, 0) is 24.6 Å². The zero-order valence-electron chi connectivity index (χ0n) is 12.4. The van der Waals surface area contributed by atoms with Gasteiger partial charge >= 0.3 is 0 Å². The molecule has 0 aromatic heterocycles. The van der Waals surface area contributed by atoms with Crippen LogP contribution in [0.3, 0.4) is 0 Å². The Labute approximate surface area is 122 Å². The molecule has 1 aromatic rings. The second-order valence-corrected chi connectivity index (χ2v) is 5.07. The molecular formula is C18H26FN. The topological polar surface area (TPSA) is 26.0 Å². The van der Waals surface area contributed by atoms with E-state index in [4.69, 9.17) is 5.73 Å². The van der Waals surface area contributed by atoms with E-state index in [1.54, 1.807) is 12.2 Å². The van der Waals surface area contributed by atoms with E-state index >= 15 is 0 Å². The molecule has 1 atom stereocenters. The van der Waals surface area contributed by atoms with E-state index in [9.17, 15) is 4.39 Å². The van der Waals surface area contributed by atoms with Gasteiger partial charge in [0.2, 0.25) is 0 Å². The molecule has 2 heteroatoms. The Morgan fingerprint density at radius 1 is 1.10 bits per heavy atom. The van der Waals surface area contributed by atoms with E-state index in [0.717, 1.165) is 12.1 Å². The van der Waals surface area contributed by atoms with Crippen molar-refractivity contribution in [1.29, 1.82) is 0 Å². The van der Waals surface area contributed by atoms with Gasteiger partial charge in [-0.3, -0.25) is 0 Å². The van der Waals surface area contributed by atoms with Crippen molar-refractivity contribution < 1.29 is 4.39 Å². The Balaban J connectivity index is 0.000000246. The van der Waals surface area contributed by atoms with Crippen molar-refractivity contribution in [3.8, 4) is 0 Å². The Hall–Kier alpha value is -1.41. The molecule has 2 rings (SSSR count). The molecule has 1 aromatic carbocycles. The molecule has 0 aliphatic heterocycles. The van der Waals surface area contributed by atoms with Gasteiger partial charge in [0.1, 0.15) is 0 Å². The first kappa shape index (κ1) is 16.6. The molecule has 110 valence electrons. The molecule has 1 aliphatic rings. The maximum Gasteiger partial charge on any atom is 0.157 e. The molecule has 0 heterocycles. The van der Waals surface area contributed by atoms with Crippen LogP contribution in [0.2, 0.25) is 0 Å². The van der Waals surface area contributed by atoms with Crippen molar-refractivity contribution in [2.24, 2.45) is 5.73 Å². The van der Waals surface area contributed by atoms with Gasteiger partial charge in [0, 0.05) is 6.42 Å². The van der Waals surface area contributed by atoms with Crippen LogP contribution >= 0.6 is 0 Å². The predicted octanol–water partition coefficient (Wildman–Crippen LogP) is 4.89. The van der Waals surface area contributed by atoms with Crippen LogP contribution in [0.15, 0.2) is 54.6 Å². The summed E-state index contributed by atoms with van der Waals surface area (Å²) in [5.41, 5.74) is 4.71. The SMILES string of the molecule is CCCCCCN.FC1(c2ccccc2)C=CC=CC1. The highest BCUT2D eigenvalue weighted by molar-refractivity contribution is 5.32. The van der Waals surface area contributed by atoms with Gasteiger partial charge < -0.3 is 5.73 Å². The minimum absolute atomic E-state index is 0.438. The smallest absolute Gasteiger partial charge is 0.157 e. The molecule has 0 saturated carbocycles. The van der Waals surface area contributed by atoms with Gasteiger partial charge in [-0.25, -0.2) is 4.39 Å². The third-order valence-electron chi connectivity index (χ3n) is 3.33. The molecule has 0 fully saturated rings. The molecule has 0 amide bonds. The van der Waals surface area contributed by atoms with Gasteiger partial charge in [0.05, 0.1) is 0 Å². The van der Waals surface area contributed by atoms with Crippen LogP contribution in [0.25, 0.3) is 0 Å². The fraction of sp³-hybridized carbons (Fsp3) is 0.444. The standard InChI is InChI=1S/C12H11F.C6H15N/c13-12(9-5-2-6-10-12)11-7-3-1-4-8-11;1-2-3-4-5-6-7/h1-9H,10H2;2-7H2,1H3. The second kappa shape index (κ2) is 9.49. The number of alkyl halides is 1. The van der Waals surface area contributed by atoms with Gasteiger partial charge in [-0.2, -0.15) is 0 Å². The van der Waals surface area contributed by atoms with Crippen LogP contribution in [-0.4, -0.2) is 6.54 Å². The largest absolute Gasteiger partial charge is 0.330 e. The van der Waals surface area contributed by atoms with Gasteiger partial charge in [0.25, 0.3) is 0 Å². The predicted molar refractivity (Wildman–Crippen MR) is 85.3 cm³/mol. The monoisotopic (exact) mass is 275 g/mol. The Morgan fingerprint density at radius 2 is 1.85 bits per heavy atom. The van der Waals surface area contributed by atoms with Crippen molar-refractivity contribution in [3.05, 3.63) is 60.2 Å². The average molecular weight is 275 g/mol. The number of rotatable bonds is 5. The number of allylic oxidation sites excluding steroid dienone is 4. The fourth-order valence-corrected chi connectivity index (χ4v) is 2.09. The van der Waals surface area contributed by atoms with Gasteiger partial charge in [0.15, 0.2) is 5.67 Å². The van der Waals surface area contributed by atoms with Crippen LogP contribution < -0.4 is 5.73 Å². The normalized spacial score (nSPS) is 20.4. The summed E-state index contributed by atoms with van der Waals surface area (Å²) in [6, 6.07) is 9.27. The number of benzene rings is 1. The van der Waals surface area contributed by atoms with E-state index in [0.29, 0.717) is 6.42 Å². The summed E-state index contributed by atoms with van der Waals surface area (Å²) in [7, 11) is 0. The first-order chi connectivity index (χ1) is 9.73. The highest BCUT2D eigenvalue weighted by Gasteiger charge is 2.27. The molecule has 20 heavy (non-hydrogen) atoms. The van der Waals surface area contributed by atoms with Crippen LogP contribution in [-0.2, 0) is 5.67 Å². The Morgan fingerprint density at radius 3 is 2.40 bits per heavy atom. The molecule has 0 bridgehead atoms. The van der Waals surface area contributed by atoms with Crippen LogP contribution in [0.5, 0.6) is 0 Å². The molecule has 1 aliphatic carbocycles. The molecule has 0 saturated heterocycles. The van der Waals surface area contributed by atoms with Crippen molar-refractivity contribution in [2.45, 2.75) is 44.7 Å². The van der Waals surface area contributed by atoms with Gasteiger partial charge in [-0.15, -0.1) is 0 Å². The first-order valence-corrected chi connectivity index (χ1v) is 7.52.